The van der Waals surface area contributed by atoms with Crippen molar-refractivity contribution in [3.63, 3.8) is 0 Å². The van der Waals surface area contributed by atoms with Crippen LogP contribution in [0.5, 0.6) is 0 Å². The van der Waals surface area contributed by atoms with Crippen LogP contribution in [0.3, 0.4) is 0 Å². The molecule has 0 amide bonds. The fourth-order valence-corrected chi connectivity index (χ4v) is 5.78. The number of carboxylic acids is 1. The van der Waals surface area contributed by atoms with Crippen molar-refractivity contribution in [2.75, 3.05) is 54.2 Å². The van der Waals surface area contributed by atoms with Crippen molar-refractivity contribution < 1.29 is 23.1 Å². The number of fused-ring (bicyclic) bond motifs is 1. The molecule has 4 heterocycles. The van der Waals surface area contributed by atoms with Crippen LogP contribution < -0.4 is 15.1 Å². The average Bonchev–Trinajstić information content (AvgIpc) is 3.42. The summed E-state index contributed by atoms with van der Waals surface area (Å²) in [5.41, 5.74) is 2.46. The number of anilines is 4. The Labute approximate surface area is 212 Å². The number of hydrogen-bond acceptors (Lipinski definition) is 11. The number of aromatic carboxylic acids is 1. The molecule has 0 saturated carbocycles. The normalized spacial score (nSPS) is 15.7. The minimum Gasteiger partial charge on any atom is -0.477 e. The molecule has 1 saturated heterocycles. The summed E-state index contributed by atoms with van der Waals surface area (Å²) in [7, 11) is -3.26. The third kappa shape index (κ3) is 4.99. The molecule has 36 heavy (non-hydrogen) atoms. The fraction of sp³-hybridized carbons (Fsp3) is 0.391. The van der Waals surface area contributed by atoms with E-state index in [-0.39, 0.29) is 9.77 Å². The van der Waals surface area contributed by atoms with E-state index in [0.29, 0.717) is 36.5 Å². The number of carbonyl (C=O) groups is 1. The Morgan fingerprint density at radius 1 is 1.11 bits per heavy atom. The standard InChI is InChI=1S/C23H26N6O5S2/c1-14-18(21(30)31)35-23(24-14)27-22-25-19(28-9-11-34-12-10-28)17-7-8-29(20(17)26-22)13-15-3-5-16(6-4-15)36(2,32)33/h3-6H,7-13H2,1-2H3,(H,30,31)(H,24,25,26,27). The molecule has 0 unspecified atom stereocenters. The lowest BCUT2D eigenvalue weighted by Gasteiger charge is -2.29. The highest BCUT2D eigenvalue weighted by molar-refractivity contribution is 7.90. The maximum Gasteiger partial charge on any atom is 0.347 e. The first-order chi connectivity index (χ1) is 17.2. The zero-order valence-electron chi connectivity index (χ0n) is 19.9. The number of nitrogens with one attached hydrogen (secondary N) is 1. The van der Waals surface area contributed by atoms with E-state index in [1.807, 2.05) is 12.1 Å². The number of ether oxygens (including phenoxy) is 1. The second kappa shape index (κ2) is 9.64. The van der Waals surface area contributed by atoms with Crippen molar-refractivity contribution in [2.45, 2.75) is 24.8 Å². The number of aryl methyl sites for hydroxylation is 1. The molecule has 1 fully saturated rings. The molecule has 11 nitrogen and oxygen atoms in total. The van der Waals surface area contributed by atoms with Crippen molar-refractivity contribution in [1.82, 2.24) is 15.0 Å². The maximum absolute atomic E-state index is 11.8. The van der Waals surface area contributed by atoms with E-state index in [9.17, 15) is 18.3 Å². The number of nitrogens with zero attached hydrogens (tertiary/aromatic N) is 5. The molecule has 1 aromatic carbocycles. The molecule has 3 aromatic rings. The first kappa shape index (κ1) is 24.4. The Hall–Kier alpha value is -3.29. The highest BCUT2D eigenvalue weighted by Gasteiger charge is 2.29. The number of benzene rings is 1. The molecule has 0 atom stereocenters. The summed E-state index contributed by atoms with van der Waals surface area (Å²) in [6, 6.07) is 6.89. The topological polar surface area (TPSA) is 138 Å². The van der Waals surface area contributed by atoms with Crippen LogP contribution in [0.2, 0.25) is 0 Å². The van der Waals surface area contributed by atoms with Gasteiger partial charge in [0.05, 0.1) is 23.8 Å². The highest BCUT2D eigenvalue weighted by Crippen LogP contribution is 2.36. The smallest absolute Gasteiger partial charge is 0.347 e. The highest BCUT2D eigenvalue weighted by atomic mass is 32.2. The number of rotatable bonds is 7. The van der Waals surface area contributed by atoms with Crippen LogP contribution in [0.4, 0.5) is 22.7 Å². The second-order valence-electron chi connectivity index (χ2n) is 8.72. The monoisotopic (exact) mass is 530 g/mol. The quantitative estimate of drug-likeness (QED) is 0.466. The molecule has 0 radical (unpaired) electrons. The van der Waals surface area contributed by atoms with Crippen LogP contribution in [0.15, 0.2) is 29.2 Å². The van der Waals surface area contributed by atoms with Crippen molar-refractivity contribution >= 4 is 49.9 Å². The fourth-order valence-electron chi connectivity index (χ4n) is 4.35. The Morgan fingerprint density at radius 2 is 1.81 bits per heavy atom. The molecule has 0 spiro atoms. The number of morpholine rings is 1. The van der Waals surface area contributed by atoms with Crippen LogP contribution in [0, 0.1) is 6.92 Å². The van der Waals surface area contributed by atoms with Gasteiger partial charge in [-0.2, -0.15) is 9.97 Å². The van der Waals surface area contributed by atoms with Crippen LogP contribution in [0.1, 0.15) is 26.5 Å². The number of thiazole rings is 1. The Bertz CT molecular complexity index is 1400. The molecule has 0 aliphatic carbocycles. The van der Waals surface area contributed by atoms with Crippen LogP contribution in [0.25, 0.3) is 0 Å². The minimum absolute atomic E-state index is 0.172. The summed E-state index contributed by atoms with van der Waals surface area (Å²) in [4.78, 5) is 30.2. The summed E-state index contributed by atoms with van der Waals surface area (Å²) in [6.07, 6.45) is 1.98. The maximum atomic E-state index is 11.8. The molecule has 13 heteroatoms. The van der Waals surface area contributed by atoms with E-state index in [1.165, 1.54) is 6.26 Å². The van der Waals surface area contributed by atoms with Gasteiger partial charge in [-0.15, -0.1) is 0 Å². The zero-order valence-corrected chi connectivity index (χ0v) is 21.5. The van der Waals surface area contributed by atoms with Crippen molar-refractivity contribution in [1.29, 1.82) is 0 Å². The number of hydrogen-bond donors (Lipinski definition) is 2. The SMILES string of the molecule is Cc1nc(Nc2nc(N3CCOCC3)c3c(n2)N(Cc2ccc(S(C)(=O)=O)cc2)CC3)sc1C(=O)O. The lowest BCUT2D eigenvalue weighted by atomic mass is 10.2. The average molecular weight is 531 g/mol. The molecule has 5 rings (SSSR count). The summed E-state index contributed by atoms with van der Waals surface area (Å²) in [6.45, 7) is 5.64. The van der Waals surface area contributed by atoms with Gasteiger partial charge in [0.2, 0.25) is 5.95 Å². The predicted octanol–water partition coefficient (Wildman–Crippen LogP) is 2.49. The lowest BCUT2D eigenvalue weighted by Crippen LogP contribution is -2.37. The minimum atomic E-state index is -3.26. The van der Waals surface area contributed by atoms with Gasteiger partial charge < -0.3 is 19.6 Å². The van der Waals surface area contributed by atoms with Gasteiger partial charge in [-0.3, -0.25) is 5.32 Å². The van der Waals surface area contributed by atoms with E-state index in [1.54, 1.807) is 19.1 Å². The third-order valence-electron chi connectivity index (χ3n) is 6.14. The van der Waals surface area contributed by atoms with Gasteiger partial charge in [-0.1, -0.05) is 23.5 Å². The molecular weight excluding hydrogens is 504 g/mol. The number of carboxylic acid groups (broad SMARTS) is 1. The molecule has 2 N–H and O–H groups in total. The van der Waals surface area contributed by atoms with Crippen LogP contribution in [-0.4, -0.2) is 73.5 Å². The van der Waals surface area contributed by atoms with Crippen LogP contribution >= 0.6 is 11.3 Å². The summed E-state index contributed by atoms with van der Waals surface area (Å²) in [5, 5.41) is 12.9. The molecule has 0 bridgehead atoms. The zero-order chi connectivity index (χ0) is 25.4. The number of sulfone groups is 1. The Kier molecular flexibility index (Phi) is 6.53. The van der Waals surface area contributed by atoms with Crippen molar-refractivity contribution in [3.05, 3.63) is 46.0 Å². The van der Waals surface area contributed by atoms with Gasteiger partial charge >= 0.3 is 5.97 Å². The lowest BCUT2D eigenvalue weighted by molar-refractivity contribution is 0.0701. The first-order valence-electron chi connectivity index (χ1n) is 11.4. The van der Waals surface area contributed by atoms with Gasteiger partial charge in [0.25, 0.3) is 0 Å². The van der Waals surface area contributed by atoms with E-state index >= 15 is 0 Å². The van der Waals surface area contributed by atoms with Gasteiger partial charge in [0.15, 0.2) is 15.0 Å². The van der Waals surface area contributed by atoms with Crippen LogP contribution in [-0.2, 0) is 27.5 Å². The van der Waals surface area contributed by atoms with Crippen molar-refractivity contribution in [2.24, 2.45) is 0 Å². The van der Waals surface area contributed by atoms with E-state index in [2.05, 4.69) is 20.1 Å². The Morgan fingerprint density at radius 3 is 2.44 bits per heavy atom. The summed E-state index contributed by atoms with van der Waals surface area (Å²) in [5.74, 6) is 0.968. The molecule has 2 aliphatic heterocycles. The second-order valence-corrected chi connectivity index (χ2v) is 11.7. The molecule has 190 valence electrons. The first-order valence-corrected chi connectivity index (χ1v) is 14.1. The van der Waals surface area contributed by atoms with E-state index in [4.69, 9.17) is 14.7 Å². The van der Waals surface area contributed by atoms with Crippen molar-refractivity contribution in [3.8, 4) is 0 Å². The molecular formula is C23H26N6O5S2. The van der Waals surface area contributed by atoms with Gasteiger partial charge in [0, 0.05) is 38.0 Å². The molecule has 2 aliphatic rings. The summed E-state index contributed by atoms with van der Waals surface area (Å²) >= 11 is 1.05. The number of aromatic nitrogens is 3. The van der Waals surface area contributed by atoms with Gasteiger partial charge in [-0.05, 0) is 31.0 Å². The predicted molar refractivity (Wildman–Crippen MR) is 136 cm³/mol. The van der Waals surface area contributed by atoms with E-state index in [0.717, 1.165) is 60.2 Å². The summed E-state index contributed by atoms with van der Waals surface area (Å²) < 4.78 is 29.1. The third-order valence-corrected chi connectivity index (χ3v) is 8.33. The Balaban J connectivity index is 1.47. The van der Waals surface area contributed by atoms with E-state index < -0.39 is 15.8 Å². The van der Waals surface area contributed by atoms with Gasteiger partial charge in [-0.25, -0.2) is 18.2 Å². The van der Waals surface area contributed by atoms with Gasteiger partial charge in [0.1, 0.15) is 16.5 Å². The largest absolute Gasteiger partial charge is 0.477 e. The molecule has 2 aromatic heterocycles.